The van der Waals surface area contributed by atoms with Crippen molar-refractivity contribution in [2.75, 3.05) is 6.61 Å². The molecule has 0 rings (SSSR count). The molecule has 0 bridgehead atoms. The molecule has 0 aliphatic carbocycles. The molecule has 110 valence electrons. The third-order valence-electron chi connectivity index (χ3n) is 3.22. The minimum absolute atomic E-state index is 0.00775. The van der Waals surface area contributed by atoms with Gasteiger partial charge in [-0.3, -0.25) is 4.99 Å². The first-order valence-corrected chi connectivity index (χ1v) is 7.41. The molecule has 1 atom stereocenters. The van der Waals surface area contributed by atoms with Gasteiger partial charge in [0.1, 0.15) is 6.23 Å². The second-order valence-electron chi connectivity index (χ2n) is 5.14. The van der Waals surface area contributed by atoms with E-state index < -0.39 is 0 Å². The van der Waals surface area contributed by atoms with E-state index in [0.717, 1.165) is 25.9 Å². The van der Waals surface area contributed by atoms with E-state index >= 15 is 0 Å². The van der Waals surface area contributed by atoms with Crippen LogP contribution in [0.25, 0.3) is 0 Å². The fourth-order valence-corrected chi connectivity index (χ4v) is 1.82. The summed E-state index contributed by atoms with van der Waals surface area (Å²) in [5.41, 5.74) is 4.10. The van der Waals surface area contributed by atoms with Crippen molar-refractivity contribution in [1.29, 1.82) is 0 Å². The van der Waals surface area contributed by atoms with Crippen LogP contribution in [0.3, 0.4) is 0 Å². The predicted octanol–water partition coefficient (Wildman–Crippen LogP) is 5.30. The first kappa shape index (κ1) is 18.1. The lowest BCUT2D eigenvalue weighted by atomic mass is 10.1. The highest BCUT2D eigenvalue weighted by Crippen LogP contribution is 2.11. The van der Waals surface area contributed by atoms with Gasteiger partial charge in [-0.1, -0.05) is 23.3 Å². The molecular weight excluding hydrogens is 234 g/mol. The topological polar surface area (TPSA) is 21.6 Å². The molecule has 0 fully saturated rings. The van der Waals surface area contributed by atoms with E-state index in [1.54, 1.807) is 0 Å². The normalized spacial score (nSPS) is 15.8. The minimum Gasteiger partial charge on any atom is -0.357 e. The van der Waals surface area contributed by atoms with Crippen LogP contribution in [0, 0.1) is 0 Å². The van der Waals surface area contributed by atoms with Gasteiger partial charge < -0.3 is 4.74 Å². The average Bonchev–Trinajstić information content (AvgIpc) is 2.36. The van der Waals surface area contributed by atoms with Crippen LogP contribution in [-0.4, -0.2) is 18.5 Å². The Morgan fingerprint density at radius 2 is 1.79 bits per heavy atom. The second-order valence-corrected chi connectivity index (χ2v) is 5.14. The van der Waals surface area contributed by atoms with Gasteiger partial charge in [-0.05, 0) is 67.2 Å². The number of nitrogens with zero attached hydrogens (tertiary/aromatic N) is 1. The van der Waals surface area contributed by atoms with E-state index in [2.05, 4.69) is 44.8 Å². The Balaban J connectivity index is 4.00. The summed E-state index contributed by atoms with van der Waals surface area (Å²) in [5.74, 6) is 0. The SMILES string of the molecule is C/C=C(\C)CC/C=C(\C)CC/C(C)=N/C(C)OCC. The zero-order valence-electron chi connectivity index (χ0n) is 13.6. The van der Waals surface area contributed by atoms with Crippen molar-refractivity contribution in [3.63, 3.8) is 0 Å². The molecule has 1 unspecified atom stereocenters. The van der Waals surface area contributed by atoms with Gasteiger partial charge in [0.05, 0.1) is 0 Å². The van der Waals surface area contributed by atoms with Crippen LogP contribution in [0.2, 0.25) is 0 Å². The smallest absolute Gasteiger partial charge is 0.145 e. The largest absolute Gasteiger partial charge is 0.357 e. The summed E-state index contributed by atoms with van der Waals surface area (Å²) in [6, 6.07) is 0. The van der Waals surface area contributed by atoms with E-state index in [1.165, 1.54) is 23.3 Å². The van der Waals surface area contributed by atoms with Crippen LogP contribution in [-0.2, 0) is 4.74 Å². The van der Waals surface area contributed by atoms with Gasteiger partial charge in [0.15, 0.2) is 0 Å². The Bertz CT molecular complexity index is 326. The molecule has 0 spiro atoms. The highest BCUT2D eigenvalue weighted by Gasteiger charge is 1.99. The van der Waals surface area contributed by atoms with E-state index in [0.29, 0.717) is 0 Å². The summed E-state index contributed by atoms with van der Waals surface area (Å²) in [6.07, 6.45) is 8.98. The van der Waals surface area contributed by atoms with Gasteiger partial charge in [-0.25, -0.2) is 0 Å². The summed E-state index contributed by atoms with van der Waals surface area (Å²) in [6.45, 7) is 13.3. The zero-order valence-corrected chi connectivity index (χ0v) is 13.6. The first-order valence-electron chi connectivity index (χ1n) is 7.41. The predicted molar refractivity (Wildman–Crippen MR) is 85.9 cm³/mol. The number of aliphatic imine (C=N–C) groups is 1. The molecule has 0 aromatic heterocycles. The maximum atomic E-state index is 5.41. The second kappa shape index (κ2) is 11.0. The number of ether oxygens (including phenoxy) is 1. The Labute approximate surface area is 119 Å². The molecule has 0 saturated heterocycles. The van der Waals surface area contributed by atoms with Crippen molar-refractivity contribution in [2.24, 2.45) is 4.99 Å². The van der Waals surface area contributed by atoms with Crippen LogP contribution in [0.15, 0.2) is 28.3 Å². The van der Waals surface area contributed by atoms with Crippen LogP contribution >= 0.6 is 0 Å². The number of hydrogen-bond donors (Lipinski definition) is 0. The molecule has 0 aromatic carbocycles. The van der Waals surface area contributed by atoms with Crippen molar-refractivity contribution in [2.45, 2.75) is 73.5 Å². The molecule has 2 heteroatoms. The van der Waals surface area contributed by atoms with Crippen LogP contribution in [0.4, 0.5) is 0 Å². The standard InChI is InChI=1S/C17H31NO/c1-7-14(3)10-9-11-15(4)12-13-16(5)18-17(6)19-8-2/h7,11,17H,8-10,12-13H2,1-6H3/b14-7+,15-11+,18-16+. The Morgan fingerprint density at radius 3 is 2.37 bits per heavy atom. The van der Waals surface area contributed by atoms with E-state index in [4.69, 9.17) is 4.74 Å². The van der Waals surface area contributed by atoms with Crippen LogP contribution in [0.1, 0.15) is 67.2 Å². The fraction of sp³-hybridized carbons (Fsp3) is 0.706. The molecule has 0 radical (unpaired) electrons. The van der Waals surface area contributed by atoms with Crippen molar-refractivity contribution in [3.05, 3.63) is 23.3 Å². The lowest BCUT2D eigenvalue weighted by Crippen LogP contribution is -2.07. The molecule has 0 saturated carbocycles. The highest BCUT2D eigenvalue weighted by atomic mass is 16.5. The maximum absolute atomic E-state index is 5.41. The van der Waals surface area contributed by atoms with Gasteiger partial charge in [0, 0.05) is 12.3 Å². The fourth-order valence-electron chi connectivity index (χ4n) is 1.82. The van der Waals surface area contributed by atoms with E-state index in [1.807, 2.05) is 13.8 Å². The van der Waals surface area contributed by atoms with Crippen molar-refractivity contribution in [3.8, 4) is 0 Å². The van der Waals surface area contributed by atoms with E-state index in [-0.39, 0.29) is 6.23 Å². The Morgan fingerprint density at radius 1 is 1.11 bits per heavy atom. The summed E-state index contributed by atoms with van der Waals surface area (Å²) in [7, 11) is 0. The molecule has 0 aliphatic rings. The molecule has 0 amide bonds. The maximum Gasteiger partial charge on any atom is 0.145 e. The van der Waals surface area contributed by atoms with Crippen molar-refractivity contribution in [1.82, 2.24) is 0 Å². The highest BCUT2D eigenvalue weighted by molar-refractivity contribution is 5.82. The monoisotopic (exact) mass is 265 g/mol. The first-order chi connectivity index (χ1) is 8.99. The number of allylic oxidation sites excluding steroid dienone is 4. The van der Waals surface area contributed by atoms with Crippen molar-refractivity contribution < 1.29 is 4.74 Å². The van der Waals surface area contributed by atoms with Gasteiger partial charge in [0.2, 0.25) is 0 Å². The van der Waals surface area contributed by atoms with Crippen molar-refractivity contribution >= 4 is 5.71 Å². The molecule has 0 heterocycles. The Hall–Kier alpha value is -0.890. The molecule has 19 heavy (non-hydrogen) atoms. The molecule has 0 aromatic rings. The molecule has 0 N–H and O–H groups in total. The summed E-state index contributed by atoms with van der Waals surface area (Å²) in [5, 5.41) is 0. The van der Waals surface area contributed by atoms with Gasteiger partial charge >= 0.3 is 0 Å². The molecule has 2 nitrogen and oxygen atoms in total. The van der Waals surface area contributed by atoms with E-state index in [9.17, 15) is 0 Å². The Kier molecular flexibility index (Phi) is 10.5. The third kappa shape index (κ3) is 10.7. The lowest BCUT2D eigenvalue weighted by Gasteiger charge is -2.08. The summed E-state index contributed by atoms with van der Waals surface area (Å²) < 4.78 is 5.41. The lowest BCUT2D eigenvalue weighted by molar-refractivity contribution is 0.0830. The van der Waals surface area contributed by atoms with Gasteiger partial charge in [-0.2, -0.15) is 0 Å². The zero-order chi connectivity index (χ0) is 14.7. The third-order valence-corrected chi connectivity index (χ3v) is 3.22. The van der Waals surface area contributed by atoms with Gasteiger partial charge in [-0.15, -0.1) is 0 Å². The quantitative estimate of drug-likeness (QED) is 0.409. The number of hydrogen-bond acceptors (Lipinski definition) is 2. The van der Waals surface area contributed by atoms with Crippen LogP contribution < -0.4 is 0 Å². The summed E-state index contributed by atoms with van der Waals surface area (Å²) in [4.78, 5) is 4.52. The average molecular weight is 265 g/mol. The molecular formula is C17H31NO. The van der Waals surface area contributed by atoms with Crippen LogP contribution in [0.5, 0.6) is 0 Å². The molecule has 0 aliphatic heterocycles. The minimum atomic E-state index is -0.00775. The van der Waals surface area contributed by atoms with Gasteiger partial charge in [0.25, 0.3) is 0 Å². The summed E-state index contributed by atoms with van der Waals surface area (Å²) >= 11 is 0. The number of rotatable bonds is 9.